The van der Waals surface area contributed by atoms with Crippen LogP contribution in [0.5, 0.6) is 5.75 Å². The number of benzene rings is 2. The van der Waals surface area contributed by atoms with Crippen molar-refractivity contribution in [3.63, 3.8) is 0 Å². The Morgan fingerprint density at radius 3 is 2.29 bits per heavy atom. The van der Waals surface area contributed by atoms with Gasteiger partial charge in [0.15, 0.2) is 0 Å². The molecule has 0 N–H and O–H groups in total. The number of allylic oxidation sites excluding steroid dienone is 2. The summed E-state index contributed by atoms with van der Waals surface area (Å²) in [6.45, 7) is -0.613. The molecule has 3 heteroatoms. The van der Waals surface area contributed by atoms with Crippen LogP contribution in [0.4, 0.5) is 8.78 Å². The van der Waals surface area contributed by atoms with Crippen LogP contribution in [-0.2, 0) is 6.42 Å². The Bertz CT molecular complexity index is 818. The van der Waals surface area contributed by atoms with Gasteiger partial charge in [0, 0.05) is 5.56 Å². The Hall–Kier alpha value is -2.60. The molecule has 1 saturated carbocycles. The quantitative estimate of drug-likeness (QED) is 0.522. The second-order valence-electron chi connectivity index (χ2n) is 7.24. The first-order valence-corrected chi connectivity index (χ1v) is 9.96. The molecule has 0 aromatic heterocycles. The SMILES string of the molecule is CCc1ccc(C2CCC(C=CC#Cc3ccc(OC(F)F)cc3)CC2)cc1. The molecule has 0 aliphatic heterocycles. The minimum absolute atomic E-state index is 0.150. The zero-order valence-electron chi connectivity index (χ0n) is 16.2. The first-order chi connectivity index (χ1) is 13.6. The van der Waals surface area contributed by atoms with Crippen molar-refractivity contribution in [2.75, 3.05) is 0 Å². The van der Waals surface area contributed by atoms with E-state index in [0.717, 1.165) is 12.0 Å². The number of hydrogen-bond acceptors (Lipinski definition) is 1. The summed E-state index contributed by atoms with van der Waals surface area (Å²) in [5, 5.41) is 0. The topological polar surface area (TPSA) is 9.23 Å². The molecule has 1 fully saturated rings. The molecule has 146 valence electrons. The van der Waals surface area contributed by atoms with Crippen molar-refractivity contribution >= 4 is 0 Å². The fraction of sp³-hybridized carbons (Fsp3) is 0.360. The minimum Gasteiger partial charge on any atom is -0.435 e. The number of halogens is 2. The summed E-state index contributed by atoms with van der Waals surface area (Å²) in [6, 6.07) is 15.5. The Kier molecular flexibility index (Phi) is 7.25. The van der Waals surface area contributed by atoms with E-state index in [9.17, 15) is 8.78 Å². The second kappa shape index (κ2) is 10.1. The van der Waals surface area contributed by atoms with Gasteiger partial charge in [-0.15, -0.1) is 0 Å². The summed E-state index contributed by atoms with van der Waals surface area (Å²) < 4.78 is 28.6. The molecule has 0 spiro atoms. The summed E-state index contributed by atoms with van der Waals surface area (Å²) in [5.41, 5.74) is 3.65. The van der Waals surface area contributed by atoms with E-state index in [1.165, 1.54) is 48.9 Å². The highest BCUT2D eigenvalue weighted by Crippen LogP contribution is 2.36. The molecule has 0 amide bonds. The molecule has 0 bridgehead atoms. The van der Waals surface area contributed by atoms with Crippen molar-refractivity contribution in [1.82, 2.24) is 0 Å². The highest BCUT2D eigenvalue weighted by Gasteiger charge is 2.20. The molecule has 0 radical (unpaired) electrons. The summed E-state index contributed by atoms with van der Waals surface area (Å²) in [5.74, 6) is 7.49. The predicted octanol–water partition coefficient (Wildman–Crippen LogP) is 6.73. The van der Waals surface area contributed by atoms with Gasteiger partial charge in [-0.2, -0.15) is 8.78 Å². The van der Waals surface area contributed by atoms with Crippen LogP contribution in [0.15, 0.2) is 60.7 Å². The van der Waals surface area contributed by atoms with Crippen LogP contribution >= 0.6 is 0 Å². The zero-order valence-corrected chi connectivity index (χ0v) is 16.2. The lowest BCUT2D eigenvalue weighted by Gasteiger charge is -2.27. The van der Waals surface area contributed by atoms with Crippen LogP contribution in [0.2, 0.25) is 0 Å². The highest BCUT2D eigenvalue weighted by molar-refractivity contribution is 5.40. The van der Waals surface area contributed by atoms with Crippen molar-refractivity contribution in [2.24, 2.45) is 5.92 Å². The van der Waals surface area contributed by atoms with Gasteiger partial charge in [-0.25, -0.2) is 0 Å². The van der Waals surface area contributed by atoms with Crippen molar-refractivity contribution in [3.8, 4) is 17.6 Å². The normalized spacial score (nSPS) is 19.4. The van der Waals surface area contributed by atoms with E-state index in [4.69, 9.17) is 0 Å². The molecule has 3 rings (SSSR count). The van der Waals surface area contributed by atoms with Gasteiger partial charge in [-0.1, -0.05) is 49.1 Å². The van der Waals surface area contributed by atoms with Crippen molar-refractivity contribution < 1.29 is 13.5 Å². The van der Waals surface area contributed by atoms with Crippen LogP contribution < -0.4 is 4.74 Å². The lowest BCUT2D eigenvalue weighted by Crippen LogP contribution is -2.11. The van der Waals surface area contributed by atoms with E-state index >= 15 is 0 Å². The van der Waals surface area contributed by atoms with Crippen LogP contribution in [0.25, 0.3) is 0 Å². The van der Waals surface area contributed by atoms with E-state index in [2.05, 4.69) is 53.8 Å². The molecular formula is C25H26F2O. The number of rotatable bonds is 5. The van der Waals surface area contributed by atoms with Gasteiger partial charge < -0.3 is 4.74 Å². The van der Waals surface area contributed by atoms with Crippen molar-refractivity contribution in [3.05, 3.63) is 77.4 Å². The summed E-state index contributed by atoms with van der Waals surface area (Å²) in [6.07, 6.45) is 10.0. The summed E-state index contributed by atoms with van der Waals surface area (Å²) >= 11 is 0. The molecular weight excluding hydrogens is 354 g/mol. The average Bonchev–Trinajstić information content (AvgIpc) is 2.72. The number of ether oxygens (including phenoxy) is 1. The lowest BCUT2D eigenvalue weighted by molar-refractivity contribution is -0.0498. The van der Waals surface area contributed by atoms with Gasteiger partial charge >= 0.3 is 6.61 Å². The van der Waals surface area contributed by atoms with Gasteiger partial charge in [0.25, 0.3) is 0 Å². The number of aryl methyl sites for hydroxylation is 1. The van der Waals surface area contributed by atoms with E-state index in [1.807, 2.05) is 6.08 Å². The average molecular weight is 380 g/mol. The maximum Gasteiger partial charge on any atom is 0.387 e. The van der Waals surface area contributed by atoms with Crippen LogP contribution in [0.3, 0.4) is 0 Å². The second-order valence-corrected chi connectivity index (χ2v) is 7.24. The van der Waals surface area contributed by atoms with Crippen molar-refractivity contribution in [1.29, 1.82) is 0 Å². The third-order valence-electron chi connectivity index (χ3n) is 5.38. The molecule has 2 aromatic rings. The van der Waals surface area contributed by atoms with Gasteiger partial charge in [-0.3, -0.25) is 0 Å². The zero-order chi connectivity index (χ0) is 19.8. The summed E-state index contributed by atoms with van der Waals surface area (Å²) in [7, 11) is 0. The molecule has 28 heavy (non-hydrogen) atoms. The van der Waals surface area contributed by atoms with Crippen molar-refractivity contribution in [2.45, 2.75) is 51.6 Å². The van der Waals surface area contributed by atoms with Gasteiger partial charge in [-0.05, 0) is 85.4 Å². The smallest absolute Gasteiger partial charge is 0.387 e. The molecule has 1 aliphatic rings. The third-order valence-corrected chi connectivity index (χ3v) is 5.38. The standard InChI is InChI=1S/C25H26F2O/c1-2-19-7-13-22(14-8-19)23-15-9-20(10-16-23)5-3-4-6-21-11-17-24(18-12-21)28-25(26)27/h3,5,7-8,11-14,17-18,20,23,25H,2,9-10,15-16H2,1H3. The van der Waals surface area contributed by atoms with E-state index in [-0.39, 0.29) is 5.75 Å². The van der Waals surface area contributed by atoms with Crippen LogP contribution in [0, 0.1) is 17.8 Å². The largest absolute Gasteiger partial charge is 0.435 e. The van der Waals surface area contributed by atoms with Crippen LogP contribution in [0.1, 0.15) is 55.2 Å². The Morgan fingerprint density at radius 1 is 1.00 bits per heavy atom. The molecule has 0 atom stereocenters. The number of alkyl halides is 2. The Balaban J connectivity index is 1.47. The number of hydrogen-bond donors (Lipinski definition) is 0. The summed E-state index contributed by atoms with van der Waals surface area (Å²) in [4.78, 5) is 0. The van der Waals surface area contributed by atoms with Gasteiger partial charge in [0.2, 0.25) is 0 Å². The molecule has 1 aliphatic carbocycles. The van der Waals surface area contributed by atoms with E-state index in [0.29, 0.717) is 11.8 Å². The molecule has 0 heterocycles. The monoisotopic (exact) mass is 380 g/mol. The molecule has 0 saturated heterocycles. The van der Waals surface area contributed by atoms with Crippen LogP contribution in [-0.4, -0.2) is 6.61 Å². The molecule has 2 aromatic carbocycles. The Labute approximate surface area is 166 Å². The Morgan fingerprint density at radius 2 is 1.68 bits per heavy atom. The maximum absolute atomic E-state index is 12.1. The maximum atomic E-state index is 12.1. The van der Waals surface area contributed by atoms with E-state index < -0.39 is 6.61 Å². The first kappa shape index (κ1) is 20.1. The fourth-order valence-electron chi connectivity index (χ4n) is 3.70. The molecule has 0 unspecified atom stereocenters. The third kappa shape index (κ3) is 5.96. The predicted molar refractivity (Wildman–Crippen MR) is 110 cm³/mol. The highest BCUT2D eigenvalue weighted by atomic mass is 19.3. The lowest BCUT2D eigenvalue weighted by atomic mass is 9.78. The minimum atomic E-state index is -2.80. The van der Waals surface area contributed by atoms with Gasteiger partial charge in [0.05, 0.1) is 0 Å². The van der Waals surface area contributed by atoms with Gasteiger partial charge in [0.1, 0.15) is 5.75 Å². The van der Waals surface area contributed by atoms with E-state index in [1.54, 1.807) is 12.1 Å². The fourth-order valence-corrected chi connectivity index (χ4v) is 3.70. The first-order valence-electron chi connectivity index (χ1n) is 9.96. The molecule has 1 nitrogen and oxygen atoms in total.